The number of sulfonamides is 1. The molecular formula is C19H23NO7S. The summed E-state index contributed by atoms with van der Waals surface area (Å²) in [5.41, 5.74) is 0.168. The van der Waals surface area contributed by atoms with Crippen LogP contribution in [0.1, 0.15) is 17.3 Å². The predicted molar refractivity (Wildman–Crippen MR) is 104 cm³/mol. The van der Waals surface area contributed by atoms with Gasteiger partial charge in [-0.05, 0) is 31.2 Å². The fraction of sp³-hybridized carbons (Fsp3) is 0.316. The van der Waals surface area contributed by atoms with Crippen LogP contribution in [0.25, 0.3) is 0 Å². The highest BCUT2D eigenvalue weighted by molar-refractivity contribution is 7.92. The molecule has 0 heterocycles. The minimum Gasteiger partial charge on any atom is -0.497 e. The monoisotopic (exact) mass is 409 g/mol. The van der Waals surface area contributed by atoms with Gasteiger partial charge in [-0.15, -0.1) is 0 Å². The number of nitrogens with zero attached hydrogens (tertiary/aromatic N) is 1. The van der Waals surface area contributed by atoms with Crippen molar-refractivity contribution in [1.82, 2.24) is 0 Å². The number of carbonyl (C=O) groups excluding carboxylic acids is 1. The number of rotatable bonds is 8. The van der Waals surface area contributed by atoms with E-state index in [1.807, 2.05) is 0 Å². The summed E-state index contributed by atoms with van der Waals surface area (Å²) in [5, 5.41) is 0. The Labute approximate surface area is 164 Å². The molecular weight excluding hydrogens is 386 g/mol. The minimum atomic E-state index is -3.96. The topological polar surface area (TPSA) is 91.4 Å². The lowest BCUT2D eigenvalue weighted by Gasteiger charge is -2.26. The van der Waals surface area contributed by atoms with E-state index < -0.39 is 16.0 Å². The van der Waals surface area contributed by atoms with Crippen molar-refractivity contribution in [2.24, 2.45) is 0 Å². The molecule has 0 aliphatic heterocycles. The molecule has 9 heteroatoms. The summed E-state index contributed by atoms with van der Waals surface area (Å²) in [6.07, 6.45) is 0. The number of ether oxygens (including phenoxy) is 4. The van der Waals surface area contributed by atoms with Crippen molar-refractivity contribution in [2.45, 2.75) is 11.8 Å². The van der Waals surface area contributed by atoms with Crippen LogP contribution in [0.5, 0.6) is 17.2 Å². The quantitative estimate of drug-likeness (QED) is 0.619. The zero-order valence-corrected chi connectivity index (χ0v) is 17.2. The van der Waals surface area contributed by atoms with E-state index in [2.05, 4.69) is 0 Å². The zero-order valence-electron chi connectivity index (χ0n) is 16.4. The predicted octanol–water partition coefficient (Wildman–Crippen LogP) is 2.71. The van der Waals surface area contributed by atoms with E-state index in [-0.39, 0.29) is 34.2 Å². The van der Waals surface area contributed by atoms with Gasteiger partial charge in [-0.2, -0.15) is 0 Å². The van der Waals surface area contributed by atoms with Gasteiger partial charge in [-0.1, -0.05) is 0 Å². The van der Waals surface area contributed by atoms with Gasteiger partial charge < -0.3 is 18.9 Å². The van der Waals surface area contributed by atoms with E-state index in [1.54, 1.807) is 19.1 Å². The van der Waals surface area contributed by atoms with Crippen molar-refractivity contribution in [2.75, 3.05) is 39.3 Å². The van der Waals surface area contributed by atoms with Gasteiger partial charge in [-0.25, -0.2) is 13.2 Å². The molecule has 0 aliphatic rings. The first kappa shape index (κ1) is 21.4. The van der Waals surface area contributed by atoms with Gasteiger partial charge in [0.15, 0.2) is 11.5 Å². The standard InChI is InChI=1S/C19H23NO7S/c1-6-20(28(22,23)14-9-7-13(24-2)8-10-14)16-12-18(26-4)17(25-3)11-15(16)19(21)27-5/h7-12H,6H2,1-5H3. The third-order valence-electron chi connectivity index (χ3n) is 4.11. The molecule has 0 aromatic heterocycles. The van der Waals surface area contributed by atoms with Crippen molar-refractivity contribution < 1.29 is 32.2 Å². The molecule has 8 nitrogen and oxygen atoms in total. The van der Waals surface area contributed by atoms with Crippen molar-refractivity contribution in [3.8, 4) is 17.2 Å². The average molecular weight is 409 g/mol. The largest absolute Gasteiger partial charge is 0.497 e. The third-order valence-corrected chi connectivity index (χ3v) is 6.01. The van der Waals surface area contributed by atoms with Gasteiger partial charge in [0.05, 0.1) is 44.6 Å². The maximum atomic E-state index is 13.2. The van der Waals surface area contributed by atoms with E-state index >= 15 is 0 Å². The van der Waals surface area contributed by atoms with Crippen LogP contribution >= 0.6 is 0 Å². The molecule has 0 N–H and O–H groups in total. The molecule has 0 radical (unpaired) electrons. The molecule has 28 heavy (non-hydrogen) atoms. The molecule has 2 rings (SSSR count). The fourth-order valence-electron chi connectivity index (χ4n) is 2.69. The van der Waals surface area contributed by atoms with Gasteiger partial charge in [0.25, 0.3) is 10.0 Å². The van der Waals surface area contributed by atoms with Gasteiger partial charge in [-0.3, -0.25) is 4.31 Å². The second-order valence-electron chi connectivity index (χ2n) is 5.56. The van der Waals surface area contributed by atoms with Crippen LogP contribution in [0.15, 0.2) is 41.3 Å². The summed E-state index contributed by atoms with van der Waals surface area (Å²) >= 11 is 0. The number of benzene rings is 2. The molecule has 0 amide bonds. The first-order chi connectivity index (χ1) is 13.3. The summed E-state index contributed by atoms with van der Waals surface area (Å²) in [5.74, 6) is 0.404. The van der Waals surface area contributed by atoms with Crippen LogP contribution in [0.4, 0.5) is 5.69 Å². The number of hydrogen-bond acceptors (Lipinski definition) is 7. The van der Waals surface area contributed by atoms with Gasteiger partial charge in [0.2, 0.25) is 0 Å². The van der Waals surface area contributed by atoms with Crippen molar-refractivity contribution >= 4 is 21.7 Å². The van der Waals surface area contributed by atoms with Crippen LogP contribution in [0.2, 0.25) is 0 Å². The zero-order chi connectivity index (χ0) is 20.9. The maximum Gasteiger partial charge on any atom is 0.340 e. The van der Waals surface area contributed by atoms with Crippen LogP contribution in [0.3, 0.4) is 0 Å². The highest BCUT2D eigenvalue weighted by atomic mass is 32.2. The lowest BCUT2D eigenvalue weighted by Crippen LogP contribution is -2.32. The number of methoxy groups -OCH3 is 4. The molecule has 0 saturated heterocycles. The van der Waals surface area contributed by atoms with Crippen LogP contribution in [-0.4, -0.2) is 49.4 Å². The fourth-order valence-corrected chi connectivity index (χ4v) is 4.18. The lowest BCUT2D eigenvalue weighted by molar-refractivity contribution is 0.0601. The van der Waals surface area contributed by atoms with Crippen LogP contribution in [-0.2, 0) is 14.8 Å². The Kier molecular flexibility index (Phi) is 6.74. The summed E-state index contributed by atoms with van der Waals surface area (Å²) in [4.78, 5) is 12.4. The Morgan fingerprint density at radius 3 is 1.96 bits per heavy atom. The molecule has 152 valence electrons. The van der Waals surface area contributed by atoms with Crippen LogP contribution in [0, 0.1) is 0 Å². The second-order valence-corrected chi connectivity index (χ2v) is 7.42. The number of carbonyl (C=O) groups is 1. The summed E-state index contributed by atoms with van der Waals surface area (Å²) in [7, 11) is 1.59. The van der Waals surface area contributed by atoms with E-state index in [0.29, 0.717) is 5.75 Å². The molecule has 0 atom stereocenters. The second kappa shape index (κ2) is 8.83. The van der Waals surface area contributed by atoms with Crippen LogP contribution < -0.4 is 18.5 Å². The Hall–Kier alpha value is -2.94. The molecule has 2 aromatic carbocycles. The highest BCUT2D eigenvalue weighted by Gasteiger charge is 2.29. The Balaban J connectivity index is 2.68. The molecule has 0 fully saturated rings. The number of hydrogen-bond donors (Lipinski definition) is 0. The SMILES string of the molecule is CCN(c1cc(OC)c(OC)cc1C(=O)OC)S(=O)(=O)c1ccc(OC)cc1. The molecule has 0 unspecified atom stereocenters. The normalized spacial score (nSPS) is 10.9. The van der Waals surface area contributed by atoms with E-state index in [9.17, 15) is 13.2 Å². The molecule has 0 bridgehead atoms. The lowest BCUT2D eigenvalue weighted by atomic mass is 10.1. The first-order valence-corrected chi connectivity index (χ1v) is 9.79. The molecule has 2 aromatic rings. The molecule has 0 aliphatic carbocycles. The van der Waals surface area contributed by atoms with Crippen molar-refractivity contribution in [3.63, 3.8) is 0 Å². The van der Waals surface area contributed by atoms with E-state index in [4.69, 9.17) is 18.9 Å². The first-order valence-electron chi connectivity index (χ1n) is 8.35. The Morgan fingerprint density at radius 1 is 0.929 bits per heavy atom. The number of esters is 1. The highest BCUT2D eigenvalue weighted by Crippen LogP contribution is 2.37. The maximum absolute atomic E-state index is 13.2. The minimum absolute atomic E-state index is 0.0408. The summed E-state index contributed by atoms with van der Waals surface area (Å²) < 4.78 is 48.0. The van der Waals surface area contributed by atoms with Gasteiger partial charge in [0, 0.05) is 18.7 Å². The Bertz CT molecular complexity index is 939. The van der Waals surface area contributed by atoms with Crippen molar-refractivity contribution in [3.05, 3.63) is 42.0 Å². The Morgan fingerprint density at radius 2 is 1.50 bits per heavy atom. The molecule has 0 spiro atoms. The van der Waals surface area contributed by atoms with Gasteiger partial charge in [0.1, 0.15) is 5.75 Å². The van der Waals surface area contributed by atoms with E-state index in [0.717, 1.165) is 4.31 Å². The van der Waals surface area contributed by atoms with E-state index in [1.165, 1.54) is 52.7 Å². The average Bonchev–Trinajstić information content (AvgIpc) is 2.72. The van der Waals surface area contributed by atoms with Crippen molar-refractivity contribution in [1.29, 1.82) is 0 Å². The molecule has 0 saturated carbocycles. The number of anilines is 1. The smallest absolute Gasteiger partial charge is 0.340 e. The summed E-state index contributed by atoms with van der Waals surface area (Å²) in [6.45, 7) is 1.74. The third kappa shape index (κ3) is 3.99. The van der Waals surface area contributed by atoms with Gasteiger partial charge >= 0.3 is 5.97 Å². The summed E-state index contributed by atoms with van der Waals surface area (Å²) in [6, 6.07) is 8.82.